The molecule has 2 aromatic rings. The highest BCUT2D eigenvalue weighted by atomic mass is 19.1. The van der Waals surface area contributed by atoms with Crippen LogP contribution in [-0.2, 0) is 7.05 Å². The Morgan fingerprint density at radius 3 is 2.65 bits per heavy atom. The molecule has 0 aliphatic heterocycles. The summed E-state index contributed by atoms with van der Waals surface area (Å²) in [5.41, 5.74) is 4.24. The molecule has 0 saturated heterocycles. The van der Waals surface area contributed by atoms with Gasteiger partial charge in [-0.25, -0.2) is 8.78 Å². The van der Waals surface area contributed by atoms with E-state index in [9.17, 15) is 18.4 Å². The van der Waals surface area contributed by atoms with Crippen LogP contribution in [0.1, 0.15) is 10.5 Å². The van der Waals surface area contributed by atoms with Crippen LogP contribution in [-0.4, -0.2) is 10.5 Å². The molecule has 7 heteroatoms. The van der Waals surface area contributed by atoms with Gasteiger partial charge in [-0.15, -0.1) is 0 Å². The van der Waals surface area contributed by atoms with Crippen LogP contribution in [0.3, 0.4) is 0 Å². The largest absolute Gasteiger partial charge is 0.307 e. The lowest BCUT2D eigenvalue weighted by molar-refractivity contribution is 0.0953. The summed E-state index contributed by atoms with van der Waals surface area (Å²) >= 11 is 0. The molecule has 1 heterocycles. The van der Waals surface area contributed by atoms with Gasteiger partial charge in [0.05, 0.1) is 5.69 Å². The second-order valence-electron chi connectivity index (χ2n) is 4.01. The van der Waals surface area contributed by atoms with E-state index in [0.29, 0.717) is 6.07 Å². The maximum Gasteiger partial charge on any atom is 0.286 e. The fourth-order valence-corrected chi connectivity index (χ4v) is 1.57. The quantitative estimate of drug-likeness (QED) is 0.835. The van der Waals surface area contributed by atoms with E-state index in [1.54, 1.807) is 0 Å². The summed E-state index contributed by atoms with van der Waals surface area (Å²) in [4.78, 5) is 23.2. The lowest BCUT2D eigenvalue weighted by Crippen LogP contribution is -2.34. The number of hydrogen-bond donors (Lipinski definition) is 2. The fraction of sp³-hybridized carbons (Fsp3) is 0.0769. The van der Waals surface area contributed by atoms with Crippen LogP contribution in [0.15, 0.2) is 41.2 Å². The molecule has 20 heavy (non-hydrogen) atoms. The average molecular weight is 279 g/mol. The number of rotatable bonds is 3. The molecule has 1 amide bonds. The predicted octanol–water partition coefficient (Wildman–Crippen LogP) is 1.42. The van der Waals surface area contributed by atoms with Crippen LogP contribution in [0.25, 0.3) is 0 Å². The van der Waals surface area contributed by atoms with Crippen molar-refractivity contribution in [1.29, 1.82) is 0 Å². The van der Waals surface area contributed by atoms with Crippen molar-refractivity contribution in [1.82, 2.24) is 9.99 Å². The Bertz CT molecular complexity index is 713. The van der Waals surface area contributed by atoms with Gasteiger partial charge in [0.25, 0.3) is 11.5 Å². The van der Waals surface area contributed by atoms with Crippen molar-refractivity contribution in [3.63, 3.8) is 0 Å². The highest BCUT2D eigenvalue weighted by Crippen LogP contribution is 2.13. The zero-order chi connectivity index (χ0) is 14.7. The molecule has 1 aromatic heterocycles. The van der Waals surface area contributed by atoms with Gasteiger partial charge in [-0.3, -0.25) is 20.4 Å². The van der Waals surface area contributed by atoms with Gasteiger partial charge < -0.3 is 4.57 Å². The molecule has 0 saturated carbocycles. The maximum absolute atomic E-state index is 13.3. The van der Waals surface area contributed by atoms with Gasteiger partial charge in [-0.2, -0.15) is 0 Å². The van der Waals surface area contributed by atoms with E-state index < -0.39 is 17.5 Å². The second-order valence-corrected chi connectivity index (χ2v) is 4.01. The molecule has 104 valence electrons. The first-order valence-corrected chi connectivity index (χ1v) is 5.66. The third-order valence-corrected chi connectivity index (χ3v) is 2.66. The van der Waals surface area contributed by atoms with E-state index in [2.05, 4.69) is 10.9 Å². The molecule has 1 aromatic carbocycles. The van der Waals surface area contributed by atoms with Crippen LogP contribution >= 0.6 is 0 Å². The number of carbonyl (C=O) groups excluding carboxylic acids is 1. The molecule has 0 aliphatic carbocycles. The number of nitrogens with zero attached hydrogens (tertiary/aromatic N) is 1. The number of carbonyl (C=O) groups is 1. The molecular weight excluding hydrogens is 268 g/mol. The van der Waals surface area contributed by atoms with E-state index in [1.165, 1.54) is 25.2 Å². The zero-order valence-corrected chi connectivity index (χ0v) is 10.5. The van der Waals surface area contributed by atoms with E-state index >= 15 is 0 Å². The number of hydrogen-bond acceptors (Lipinski definition) is 3. The standard InChI is InChI=1S/C13H11F2N3O2/c1-18-11(3-2-4-12(18)19)13(20)17-16-10-6-5-8(14)7-9(10)15/h2-7,16H,1H3,(H,17,20). The SMILES string of the molecule is Cn1c(C(=O)NNc2ccc(F)cc2F)cccc1=O. The average Bonchev–Trinajstić information content (AvgIpc) is 2.40. The zero-order valence-electron chi connectivity index (χ0n) is 10.5. The monoisotopic (exact) mass is 279 g/mol. The Hall–Kier alpha value is -2.70. The van der Waals surface area contributed by atoms with Crippen LogP contribution in [0.5, 0.6) is 0 Å². The summed E-state index contributed by atoms with van der Waals surface area (Å²) in [6.45, 7) is 0. The molecule has 5 nitrogen and oxygen atoms in total. The Morgan fingerprint density at radius 1 is 1.20 bits per heavy atom. The van der Waals surface area contributed by atoms with Crippen molar-refractivity contribution in [3.05, 3.63) is 64.1 Å². The molecule has 2 rings (SSSR count). The summed E-state index contributed by atoms with van der Waals surface area (Å²) in [5.74, 6) is -2.17. The van der Waals surface area contributed by atoms with Gasteiger partial charge in [0.15, 0.2) is 5.82 Å². The van der Waals surface area contributed by atoms with Crippen molar-refractivity contribution in [2.45, 2.75) is 0 Å². The number of aromatic nitrogens is 1. The molecule has 0 radical (unpaired) electrons. The fourth-order valence-electron chi connectivity index (χ4n) is 1.57. The van der Waals surface area contributed by atoms with Gasteiger partial charge >= 0.3 is 0 Å². The van der Waals surface area contributed by atoms with E-state index in [0.717, 1.165) is 16.7 Å². The molecule has 0 spiro atoms. The minimum absolute atomic E-state index is 0.0827. The molecule has 0 atom stereocenters. The highest BCUT2D eigenvalue weighted by Gasteiger charge is 2.10. The summed E-state index contributed by atoms with van der Waals surface area (Å²) in [7, 11) is 1.44. The minimum atomic E-state index is -0.841. The van der Waals surface area contributed by atoms with Crippen LogP contribution in [0.2, 0.25) is 0 Å². The van der Waals surface area contributed by atoms with Crippen molar-refractivity contribution in [2.24, 2.45) is 7.05 Å². The van der Waals surface area contributed by atoms with E-state index in [4.69, 9.17) is 0 Å². The molecule has 0 aliphatic rings. The van der Waals surface area contributed by atoms with Gasteiger partial charge in [0.1, 0.15) is 11.5 Å². The summed E-state index contributed by atoms with van der Waals surface area (Å²) in [6.07, 6.45) is 0. The lowest BCUT2D eigenvalue weighted by Gasteiger charge is -2.11. The van der Waals surface area contributed by atoms with Crippen molar-refractivity contribution >= 4 is 11.6 Å². The summed E-state index contributed by atoms with van der Waals surface area (Å²) in [5, 5.41) is 0. The normalized spacial score (nSPS) is 10.2. The molecule has 0 bridgehead atoms. The van der Waals surface area contributed by atoms with Crippen molar-refractivity contribution in [3.8, 4) is 0 Å². The molecule has 0 fully saturated rings. The van der Waals surface area contributed by atoms with Crippen LogP contribution < -0.4 is 16.4 Å². The number of benzene rings is 1. The highest BCUT2D eigenvalue weighted by molar-refractivity contribution is 5.93. The van der Waals surface area contributed by atoms with Crippen molar-refractivity contribution in [2.75, 3.05) is 5.43 Å². The molecule has 2 N–H and O–H groups in total. The number of hydrazine groups is 1. The van der Waals surface area contributed by atoms with Gasteiger partial charge in [-0.05, 0) is 18.2 Å². The van der Waals surface area contributed by atoms with Gasteiger partial charge in [0.2, 0.25) is 0 Å². The van der Waals surface area contributed by atoms with Crippen LogP contribution in [0.4, 0.5) is 14.5 Å². The lowest BCUT2D eigenvalue weighted by atomic mass is 10.3. The Labute approximate surface area is 112 Å². The molecular formula is C13H11F2N3O2. The summed E-state index contributed by atoms with van der Waals surface area (Å²) < 4.78 is 27.2. The first kappa shape index (κ1) is 13.7. The Balaban J connectivity index is 2.13. The number of pyridine rings is 1. The third-order valence-electron chi connectivity index (χ3n) is 2.66. The molecule has 0 unspecified atom stereocenters. The number of nitrogens with one attached hydrogen (secondary N) is 2. The number of anilines is 1. The van der Waals surface area contributed by atoms with E-state index in [1.807, 2.05) is 0 Å². The first-order valence-electron chi connectivity index (χ1n) is 5.66. The minimum Gasteiger partial charge on any atom is -0.307 e. The van der Waals surface area contributed by atoms with E-state index in [-0.39, 0.29) is 16.9 Å². The number of halogens is 2. The van der Waals surface area contributed by atoms with Crippen LogP contribution in [0, 0.1) is 11.6 Å². The number of amides is 1. The third kappa shape index (κ3) is 2.82. The van der Waals surface area contributed by atoms with Gasteiger partial charge in [-0.1, -0.05) is 6.07 Å². The smallest absolute Gasteiger partial charge is 0.286 e. The first-order chi connectivity index (χ1) is 9.49. The van der Waals surface area contributed by atoms with Crippen molar-refractivity contribution < 1.29 is 13.6 Å². The maximum atomic E-state index is 13.3. The predicted molar refractivity (Wildman–Crippen MR) is 69.1 cm³/mol. The van der Waals surface area contributed by atoms with Gasteiger partial charge in [0, 0.05) is 19.2 Å². The second kappa shape index (κ2) is 5.52. The topological polar surface area (TPSA) is 63.1 Å². The Kier molecular flexibility index (Phi) is 3.79. The Morgan fingerprint density at radius 2 is 1.95 bits per heavy atom. The summed E-state index contributed by atoms with van der Waals surface area (Å²) in [6, 6.07) is 7.08.